The summed E-state index contributed by atoms with van der Waals surface area (Å²) in [6.45, 7) is 8.63. The van der Waals surface area contributed by atoms with Gasteiger partial charge in [0.1, 0.15) is 11.6 Å². The van der Waals surface area contributed by atoms with E-state index in [-0.39, 0.29) is 6.04 Å². The van der Waals surface area contributed by atoms with Gasteiger partial charge in [0, 0.05) is 44.7 Å². The number of fused-ring (bicyclic) bond motifs is 1. The molecule has 198 valence electrons. The van der Waals surface area contributed by atoms with Crippen LogP contribution in [0.3, 0.4) is 0 Å². The summed E-state index contributed by atoms with van der Waals surface area (Å²) in [4.78, 5) is 15.1. The van der Waals surface area contributed by atoms with Crippen LogP contribution in [-0.4, -0.2) is 66.9 Å². The van der Waals surface area contributed by atoms with Crippen LogP contribution in [0.25, 0.3) is 10.9 Å². The number of piperidine rings is 1. The number of hydrogen-bond acceptors (Lipinski definition) is 6. The molecule has 8 heteroatoms. The Balaban J connectivity index is 1.29. The average Bonchev–Trinajstić information content (AvgIpc) is 2.96. The van der Waals surface area contributed by atoms with Crippen LogP contribution in [0.2, 0.25) is 0 Å². The van der Waals surface area contributed by atoms with Crippen LogP contribution >= 0.6 is 0 Å². The molecule has 2 saturated heterocycles. The standard InChI is InChI=1S/C29H39N5O2S/c1-3-4-10-24-13-15-25(16-14-24)37(35,36)34-21-19-32(20-22-34)23(2)28-30-27-12-7-6-11-26(27)29(31-28)33-17-8-5-9-18-33/h6-7,11-16,23H,3-5,8-10,17-22H2,1-2H3/t23-/m1/s1. The summed E-state index contributed by atoms with van der Waals surface area (Å²) < 4.78 is 28.2. The number of unbranched alkanes of at least 4 members (excludes halogenated alkanes) is 1. The normalized spacial score (nSPS) is 18.8. The van der Waals surface area contributed by atoms with Crippen LogP contribution in [0.5, 0.6) is 0 Å². The third-order valence-corrected chi connectivity index (χ3v) is 9.74. The molecule has 2 aliphatic rings. The molecular weight excluding hydrogens is 482 g/mol. The van der Waals surface area contributed by atoms with E-state index in [4.69, 9.17) is 9.97 Å². The Kier molecular flexibility index (Phi) is 8.07. The number of aryl methyl sites for hydroxylation is 1. The van der Waals surface area contributed by atoms with Crippen LogP contribution in [0.1, 0.15) is 63.4 Å². The second-order valence-electron chi connectivity index (χ2n) is 10.3. The van der Waals surface area contributed by atoms with E-state index >= 15 is 0 Å². The smallest absolute Gasteiger partial charge is 0.243 e. The van der Waals surface area contributed by atoms with Gasteiger partial charge in [-0.3, -0.25) is 4.90 Å². The Morgan fingerprint density at radius 2 is 1.57 bits per heavy atom. The van der Waals surface area contributed by atoms with Crippen molar-refractivity contribution in [3.63, 3.8) is 0 Å². The molecule has 0 N–H and O–H groups in total. The summed E-state index contributed by atoms with van der Waals surface area (Å²) in [5, 5.41) is 1.11. The van der Waals surface area contributed by atoms with E-state index in [2.05, 4.69) is 41.8 Å². The predicted octanol–water partition coefficient (Wildman–Crippen LogP) is 5.03. The van der Waals surface area contributed by atoms with Gasteiger partial charge in [0.05, 0.1) is 16.5 Å². The lowest BCUT2D eigenvalue weighted by Gasteiger charge is -2.37. The molecule has 0 spiro atoms. The Morgan fingerprint density at radius 3 is 2.27 bits per heavy atom. The van der Waals surface area contributed by atoms with E-state index in [1.54, 1.807) is 16.4 Å². The number of nitrogens with zero attached hydrogens (tertiary/aromatic N) is 5. The van der Waals surface area contributed by atoms with Crippen molar-refractivity contribution >= 4 is 26.7 Å². The highest BCUT2D eigenvalue weighted by Crippen LogP contribution is 2.30. The molecule has 2 aliphatic heterocycles. The Bertz CT molecular complexity index is 1300. The number of hydrogen-bond donors (Lipinski definition) is 0. The maximum absolute atomic E-state index is 13.3. The van der Waals surface area contributed by atoms with Crippen molar-refractivity contribution in [2.75, 3.05) is 44.2 Å². The van der Waals surface area contributed by atoms with Gasteiger partial charge in [-0.2, -0.15) is 4.31 Å². The summed E-state index contributed by atoms with van der Waals surface area (Å²) in [6.07, 6.45) is 6.91. The van der Waals surface area contributed by atoms with Gasteiger partial charge in [-0.25, -0.2) is 18.4 Å². The highest BCUT2D eigenvalue weighted by Gasteiger charge is 2.31. The first kappa shape index (κ1) is 26.1. The van der Waals surface area contributed by atoms with Gasteiger partial charge >= 0.3 is 0 Å². The molecule has 0 aliphatic carbocycles. The molecule has 2 fully saturated rings. The number of para-hydroxylation sites is 1. The first-order valence-corrected chi connectivity index (χ1v) is 15.3. The van der Waals surface area contributed by atoms with E-state index in [1.807, 2.05) is 18.2 Å². The molecule has 3 aromatic rings. The second-order valence-corrected chi connectivity index (χ2v) is 12.3. The minimum Gasteiger partial charge on any atom is -0.356 e. The summed E-state index contributed by atoms with van der Waals surface area (Å²) in [6, 6.07) is 15.7. The monoisotopic (exact) mass is 521 g/mol. The Morgan fingerprint density at radius 1 is 0.865 bits per heavy atom. The number of sulfonamides is 1. The lowest BCUT2D eigenvalue weighted by molar-refractivity contribution is 0.141. The van der Waals surface area contributed by atoms with Crippen molar-refractivity contribution in [1.82, 2.24) is 19.2 Å². The average molecular weight is 522 g/mol. The maximum Gasteiger partial charge on any atom is 0.243 e. The zero-order chi connectivity index (χ0) is 25.8. The highest BCUT2D eigenvalue weighted by atomic mass is 32.2. The third-order valence-electron chi connectivity index (χ3n) is 7.83. The summed E-state index contributed by atoms with van der Waals surface area (Å²) in [5.74, 6) is 1.86. The van der Waals surface area contributed by atoms with E-state index in [9.17, 15) is 8.42 Å². The van der Waals surface area contributed by atoms with Crippen molar-refractivity contribution in [3.8, 4) is 0 Å². The lowest BCUT2D eigenvalue weighted by atomic mass is 10.1. The molecule has 2 aromatic carbocycles. The number of rotatable bonds is 8. The maximum atomic E-state index is 13.3. The van der Waals surface area contributed by atoms with Gasteiger partial charge < -0.3 is 4.90 Å². The molecule has 0 bridgehead atoms. The third kappa shape index (κ3) is 5.66. The van der Waals surface area contributed by atoms with E-state index in [1.165, 1.54) is 24.8 Å². The van der Waals surface area contributed by atoms with Gasteiger partial charge in [0.15, 0.2) is 0 Å². The van der Waals surface area contributed by atoms with Crippen LogP contribution in [0.4, 0.5) is 5.82 Å². The fourth-order valence-corrected chi connectivity index (χ4v) is 6.89. The number of aromatic nitrogens is 2. The summed E-state index contributed by atoms with van der Waals surface area (Å²) >= 11 is 0. The summed E-state index contributed by atoms with van der Waals surface area (Å²) in [7, 11) is -3.49. The van der Waals surface area contributed by atoms with Crippen molar-refractivity contribution in [2.24, 2.45) is 0 Å². The molecule has 37 heavy (non-hydrogen) atoms. The lowest BCUT2D eigenvalue weighted by Crippen LogP contribution is -2.49. The minimum absolute atomic E-state index is 0.0100. The van der Waals surface area contributed by atoms with Crippen molar-refractivity contribution < 1.29 is 8.42 Å². The van der Waals surface area contributed by atoms with Gasteiger partial charge in [-0.15, -0.1) is 0 Å². The van der Waals surface area contributed by atoms with Crippen molar-refractivity contribution in [3.05, 3.63) is 59.9 Å². The molecule has 0 unspecified atom stereocenters. The molecule has 3 heterocycles. The SMILES string of the molecule is CCCCc1ccc(S(=O)(=O)N2CCN([C@H](C)c3nc(N4CCCCC4)c4ccccc4n3)CC2)cc1. The molecular formula is C29H39N5O2S. The fraction of sp³-hybridized carbons (Fsp3) is 0.517. The topological polar surface area (TPSA) is 69.6 Å². The first-order valence-electron chi connectivity index (χ1n) is 13.8. The first-order chi connectivity index (χ1) is 18.0. The van der Waals surface area contributed by atoms with Crippen LogP contribution in [-0.2, 0) is 16.4 Å². The quantitative estimate of drug-likeness (QED) is 0.414. The zero-order valence-electron chi connectivity index (χ0n) is 22.1. The zero-order valence-corrected chi connectivity index (χ0v) is 23.0. The molecule has 0 saturated carbocycles. The van der Waals surface area contributed by atoms with Gasteiger partial charge in [0.2, 0.25) is 10.0 Å². The number of anilines is 1. The minimum atomic E-state index is -3.49. The van der Waals surface area contributed by atoms with E-state index < -0.39 is 10.0 Å². The number of benzene rings is 2. The van der Waals surface area contributed by atoms with Gasteiger partial charge in [0.25, 0.3) is 0 Å². The fourth-order valence-electron chi connectivity index (χ4n) is 5.46. The molecule has 7 nitrogen and oxygen atoms in total. The predicted molar refractivity (Wildman–Crippen MR) is 149 cm³/mol. The van der Waals surface area contributed by atoms with Crippen LogP contribution < -0.4 is 4.90 Å². The highest BCUT2D eigenvalue weighted by molar-refractivity contribution is 7.89. The van der Waals surface area contributed by atoms with Crippen LogP contribution in [0.15, 0.2) is 53.4 Å². The van der Waals surface area contributed by atoms with Crippen molar-refractivity contribution in [1.29, 1.82) is 0 Å². The molecule has 5 rings (SSSR count). The summed E-state index contributed by atoms with van der Waals surface area (Å²) in [5.41, 5.74) is 2.17. The van der Waals surface area contributed by atoms with Gasteiger partial charge in [-0.1, -0.05) is 37.6 Å². The van der Waals surface area contributed by atoms with Crippen LogP contribution in [0, 0.1) is 0 Å². The number of piperazine rings is 1. The molecule has 1 aromatic heterocycles. The van der Waals surface area contributed by atoms with E-state index in [0.29, 0.717) is 31.1 Å². The molecule has 1 atom stereocenters. The van der Waals surface area contributed by atoms with Gasteiger partial charge in [-0.05, 0) is 68.9 Å². The van der Waals surface area contributed by atoms with E-state index in [0.717, 1.165) is 54.9 Å². The Hall–Kier alpha value is -2.55. The second kappa shape index (κ2) is 11.5. The molecule has 0 radical (unpaired) electrons. The van der Waals surface area contributed by atoms with Crippen molar-refractivity contribution in [2.45, 2.75) is 63.3 Å². The Labute approximate surface area is 221 Å². The molecule has 0 amide bonds. The largest absolute Gasteiger partial charge is 0.356 e.